The summed E-state index contributed by atoms with van der Waals surface area (Å²) < 4.78 is 26.2. The zero-order chi connectivity index (χ0) is 26.3. The van der Waals surface area contributed by atoms with Crippen molar-refractivity contribution in [3.63, 3.8) is 0 Å². The Kier molecular flexibility index (Phi) is 10.7. The molecule has 0 saturated heterocycles. The molecule has 0 fully saturated rings. The number of sulfonamides is 1. The van der Waals surface area contributed by atoms with Crippen LogP contribution in [0.4, 0.5) is 5.69 Å². The highest BCUT2D eigenvalue weighted by molar-refractivity contribution is 7.92. The van der Waals surface area contributed by atoms with E-state index in [4.69, 9.17) is 34.8 Å². The van der Waals surface area contributed by atoms with Crippen molar-refractivity contribution in [2.75, 3.05) is 17.1 Å². The number of nitrogens with one attached hydrogen (secondary N) is 1. The first-order chi connectivity index (χ1) is 16.4. The highest BCUT2D eigenvalue weighted by atomic mass is 35.5. The van der Waals surface area contributed by atoms with Crippen molar-refractivity contribution in [2.45, 2.75) is 52.2 Å². The van der Waals surface area contributed by atoms with Gasteiger partial charge in [-0.25, -0.2) is 8.42 Å². The Morgan fingerprint density at radius 1 is 0.971 bits per heavy atom. The van der Waals surface area contributed by atoms with Crippen LogP contribution in [0.15, 0.2) is 42.5 Å². The van der Waals surface area contributed by atoms with Crippen LogP contribution in [-0.4, -0.2) is 50.0 Å². The summed E-state index contributed by atoms with van der Waals surface area (Å²) in [7, 11) is -3.82. The van der Waals surface area contributed by atoms with Gasteiger partial charge in [0.05, 0.1) is 22.0 Å². The third-order valence-electron chi connectivity index (χ3n) is 5.52. The van der Waals surface area contributed by atoms with Gasteiger partial charge in [0.25, 0.3) is 0 Å². The Hall–Kier alpha value is -2.00. The quantitative estimate of drug-likeness (QED) is 0.411. The predicted molar refractivity (Wildman–Crippen MR) is 143 cm³/mol. The Morgan fingerprint density at radius 3 is 2.11 bits per heavy atom. The summed E-state index contributed by atoms with van der Waals surface area (Å²) in [5.74, 6) is -0.852. The molecule has 0 aliphatic rings. The van der Waals surface area contributed by atoms with E-state index < -0.39 is 28.5 Å². The molecule has 192 valence electrons. The smallest absolute Gasteiger partial charge is 0.244 e. The third kappa shape index (κ3) is 8.27. The number of carbonyl (C=O) groups is 2. The van der Waals surface area contributed by atoms with Gasteiger partial charge >= 0.3 is 0 Å². The summed E-state index contributed by atoms with van der Waals surface area (Å²) in [6.45, 7) is 5.17. The van der Waals surface area contributed by atoms with Crippen LogP contribution in [0.1, 0.15) is 39.2 Å². The lowest BCUT2D eigenvalue weighted by Crippen LogP contribution is -2.53. The Bertz CT molecular complexity index is 1140. The third-order valence-corrected chi connectivity index (χ3v) is 7.65. The molecule has 0 aliphatic heterocycles. The van der Waals surface area contributed by atoms with Crippen LogP contribution in [0.3, 0.4) is 0 Å². The number of rotatable bonds is 11. The molecule has 1 N–H and O–H groups in total. The zero-order valence-electron chi connectivity index (χ0n) is 20.1. The van der Waals surface area contributed by atoms with E-state index in [1.165, 1.54) is 17.0 Å². The molecule has 0 heterocycles. The van der Waals surface area contributed by atoms with Gasteiger partial charge in [-0.15, -0.1) is 0 Å². The lowest BCUT2D eigenvalue weighted by molar-refractivity contribution is -0.140. The van der Waals surface area contributed by atoms with Crippen LogP contribution in [0.2, 0.25) is 15.1 Å². The molecule has 2 amide bonds. The minimum Gasteiger partial charge on any atom is -0.352 e. The number of nitrogens with zero attached hydrogens (tertiary/aromatic N) is 2. The SMILES string of the molecule is CC[C@H](C)NC(=O)[C@H](CC)N(Cc1ccc(Cl)c(Cl)c1)C(=O)CN(c1ccc(Cl)cc1)S(C)(=O)=O. The Labute approximate surface area is 222 Å². The normalized spacial score (nSPS) is 13.1. The Morgan fingerprint density at radius 2 is 1.60 bits per heavy atom. The molecule has 0 radical (unpaired) electrons. The van der Waals surface area contributed by atoms with E-state index in [0.717, 1.165) is 17.0 Å². The molecule has 11 heteroatoms. The number of halogens is 3. The molecule has 0 saturated carbocycles. The monoisotopic (exact) mass is 561 g/mol. The highest BCUT2D eigenvalue weighted by Gasteiger charge is 2.32. The van der Waals surface area contributed by atoms with Gasteiger partial charge in [-0.05, 0) is 61.7 Å². The maximum absolute atomic E-state index is 13.6. The second-order valence-corrected chi connectivity index (χ2v) is 11.4. The number of hydrogen-bond acceptors (Lipinski definition) is 4. The lowest BCUT2D eigenvalue weighted by atomic mass is 10.1. The van der Waals surface area contributed by atoms with E-state index in [2.05, 4.69) is 5.32 Å². The fourth-order valence-corrected chi connectivity index (χ4v) is 4.71. The van der Waals surface area contributed by atoms with Gasteiger partial charge in [0.2, 0.25) is 21.8 Å². The average Bonchev–Trinajstić information content (AvgIpc) is 2.79. The first-order valence-corrected chi connectivity index (χ1v) is 14.1. The second-order valence-electron chi connectivity index (χ2n) is 8.26. The Balaban J connectivity index is 2.45. The van der Waals surface area contributed by atoms with Crippen molar-refractivity contribution in [1.29, 1.82) is 0 Å². The molecule has 0 aromatic heterocycles. The fraction of sp³-hybridized carbons (Fsp3) is 0.417. The standard InChI is InChI=1S/C24H30Cl3N3O4S/c1-5-16(3)28-24(32)22(6-2)29(14-17-7-12-20(26)21(27)13-17)23(31)15-30(35(4,33)34)19-10-8-18(25)9-11-19/h7-13,16,22H,5-6,14-15H2,1-4H3,(H,28,32)/t16-,22-/m0/s1. The van der Waals surface area contributed by atoms with Crippen molar-refractivity contribution in [1.82, 2.24) is 10.2 Å². The summed E-state index contributed by atoms with van der Waals surface area (Å²) in [6, 6.07) is 10.2. The molecule has 2 aromatic carbocycles. The van der Waals surface area contributed by atoms with Crippen molar-refractivity contribution in [3.8, 4) is 0 Å². The number of hydrogen-bond donors (Lipinski definition) is 1. The van der Waals surface area contributed by atoms with Crippen LogP contribution >= 0.6 is 34.8 Å². The molecule has 7 nitrogen and oxygen atoms in total. The first kappa shape index (κ1) is 29.2. The van der Waals surface area contributed by atoms with Gasteiger partial charge in [0.15, 0.2) is 0 Å². The average molecular weight is 563 g/mol. The van der Waals surface area contributed by atoms with Crippen LogP contribution in [0.25, 0.3) is 0 Å². The van der Waals surface area contributed by atoms with E-state index in [9.17, 15) is 18.0 Å². The highest BCUT2D eigenvalue weighted by Crippen LogP contribution is 2.25. The molecular formula is C24H30Cl3N3O4S. The van der Waals surface area contributed by atoms with Crippen molar-refractivity contribution < 1.29 is 18.0 Å². The van der Waals surface area contributed by atoms with Crippen LogP contribution in [0, 0.1) is 0 Å². The zero-order valence-corrected chi connectivity index (χ0v) is 23.2. The van der Waals surface area contributed by atoms with Gasteiger partial charge in [0, 0.05) is 17.6 Å². The number of carbonyl (C=O) groups excluding carboxylic acids is 2. The van der Waals surface area contributed by atoms with Gasteiger partial charge in [-0.2, -0.15) is 0 Å². The van der Waals surface area contributed by atoms with Crippen LogP contribution in [-0.2, 0) is 26.2 Å². The van der Waals surface area contributed by atoms with E-state index >= 15 is 0 Å². The molecular weight excluding hydrogens is 533 g/mol. The number of anilines is 1. The maximum Gasteiger partial charge on any atom is 0.244 e. The van der Waals surface area contributed by atoms with Crippen LogP contribution < -0.4 is 9.62 Å². The summed E-state index contributed by atoms with van der Waals surface area (Å²) >= 11 is 18.1. The van der Waals surface area contributed by atoms with Gasteiger partial charge in [0.1, 0.15) is 12.6 Å². The van der Waals surface area contributed by atoms with E-state index in [0.29, 0.717) is 27.1 Å². The molecule has 0 aliphatic carbocycles. The topological polar surface area (TPSA) is 86.8 Å². The minimum atomic E-state index is -3.82. The summed E-state index contributed by atoms with van der Waals surface area (Å²) in [6.07, 6.45) is 2.07. The maximum atomic E-state index is 13.6. The van der Waals surface area contributed by atoms with Gasteiger partial charge < -0.3 is 10.2 Å². The first-order valence-electron chi connectivity index (χ1n) is 11.1. The predicted octanol–water partition coefficient (Wildman–Crippen LogP) is 5.13. The van der Waals surface area contributed by atoms with Gasteiger partial charge in [-0.1, -0.05) is 54.7 Å². The van der Waals surface area contributed by atoms with E-state index in [-0.39, 0.29) is 24.2 Å². The van der Waals surface area contributed by atoms with Crippen molar-refractivity contribution in [3.05, 3.63) is 63.1 Å². The van der Waals surface area contributed by atoms with Crippen molar-refractivity contribution in [2.24, 2.45) is 0 Å². The summed E-state index contributed by atoms with van der Waals surface area (Å²) in [5, 5.41) is 4.02. The molecule has 0 unspecified atom stereocenters. The number of amides is 2. The summed E-state index contributed by atoms with van der Waals surface area (Å²) in [4.78, 5) is 28.1. The molecule has 2 aromatic rings. The molecule has 0 bridgehead atoms. The van der Waals surface area contributed by atoms with Crippen molar-refractivity contribution >= 4 is 62.3 Å². The fourth-order valence-electron chi connectivity index (χ4n) is 3.42. The lowest BCUT2D eigenvalue weighted by Gasteiger charge is -2.33. The second kappa shape index (κ2) is 12.8. The molecule has 0 spiro atoms. The molecule has 35 heavy (non-hydrogen) atoms. The largest absolute Gasteiger partial charge is 0.352 e. The minimum absolute atomic E-state index is 0.0420. The van der Waals surface area contributed by atoms with E-state index in [1.54, 1.807) is 37.3 Å². The summed E-state index contributed by atoms with van der Waals surface area (Å²) in [5.41, 5.74) is 0.941. The molecule has 2 rings (SSSR count). The number of benzene rings is 2. The van der Waals surface area contributed by atoms with Crippen LogP contribution in [0.5, 0.6) is 0 Å². The molecule has 2 atom stereocenters. The van der Waals surface area contributed by atoms with E-state index in [1.807, 2.05) is 13.8 Å². The van der Waals surface area contributed by atoms with Gasteiger partial charge in [-0.3, -0.25) is 13.9 Å².